The van der Waals surface area contributed by atoms with Gasteiger partial charge in [0.1, 0.15) is 13.5 Å². The highest BCUT2D eigenvalue weighted by Gasteiger charge is 2.30. The van der Waals surface area contributed by atoms with E-state index in [0.29, 0.717) is 13.5 Å². The number of nitrogens with zero attached hydrogens (tertiary/aromatic N) is 1. The second-order valence-corrected chi connectivity index (χ2v) is 8.09. The molecule has 0 heterocycles. The van der Waals surface area contributed by atoms with Gasteiger partial charge in [-0.2, -0.15) is 0 Å². The molecule has 0 atom stereocenters. The van der Waals surface area contributed by atoms with Crippen LogP contribution in [0.25, 0.3) is 0 Å². The fourth-order valence-corrected chi connectivity index (χ4v) is 4.42. The molecule has 0 aromatic heterocycles. The van der Waals surface area contributed by atoms with Gasteiger partial charge in [0.2, 0.25) is 0 Å². The highest BCUT2D eigenvalue weighted by molar-refractivity contribution is 6.66. The molecule has 0 aromatic carbocycles. The first-order chi connectivity index (χ1) is 9.61. The molecular formula is C14H33NO4Si. The van der Waals surface area contributed by atoms with Crippen LogP contribution in [-0.2, 0) is 18.3 Å². The lowest BCUT2D eigenvalue weighted by atomic mass is 10.4. The molecule has 0 radical (unpaired) electrons. The van der Waals surface area contributed by atoms with Crippen molar-refractivity contribution in [3.05, 3.63) is 0 Å². The van der Waals surface area contributed by atoms with E-state index in [1.165, 1.54) is 0 Å². The van der Waals surface area contributed by atoms with Crippen LogP contribution in [0.1, 0.15) is 34.1 Å². The van der Waals surface area contributed by atoms with Gasteiger partial charge in [-0.15, -0.1) is 0 Å². The molecule has 0 aliphatic carbocycles. The van der Waals surface area contributed by atoms with Crippen molar-refractivity contribution in [3.63, 3.8) is 0 Å². The predicted octanol–water partition coefficient (Wildman–Crippen LogP) is 2.81. The van der Waals surface area contributed by atoms with E-state index < -0.39 is 8.56 Å². The van der Waals surface area contributed by atoms with Crippen LogP contribution in [0, 0.1) is 0 Å². The Morgan fingerprint density at radius 2 is 1.30 bits per heavy atom. The third-order valence-corrected chi connectivity index (χ3v) is 6.02. The molecule has 0 bridgehead atoms. The average molecular weight is 308 g/mol. The molecule has 0 saturated carbocycles. The Morgan fingerprint density at radius 3 is 1.70 bits per heavy atom. The molecule has 0 N–H and O–H groups in total. The van der Waals surface area contributed by atoms with Crippen LogP contribution in [0.4, 0.5) is 0 Å². The summed E-state index contributed by atoms with van der Waals surface area (Å²) in [6, 6.07) is 1.00. The topological polar surface area (TPSA) is 40.2 Å². The standard InChI is InChI=1S/C14H33NO4Si/c1-6-16-13-15(14-17-7-2)11-10-12-20(5,18-8-3)19-9-4/h6-14H2,1-5H3. The summed E-state index contributed by atoms with van der Waals surface area (Å²) < 4.78 is 22.6. The lowest BCUT2D eigenvalue weighted by Crippen LogP contribution is -2.40. The van der Waals surface area contributed by atoms with Gasteiger partial charge in [0.15, 0.2) is 0 Å². The van der Waals surface area contributed by atoms with E-state index in [2.05, 4.69) is 11.4 Å². The lowest BCUT2D eigenvalue weighted by molar-refractivity contribution is -0.0390. The van der Waals surface area contributed by atoms with Gasteiger partial charge in [-0.25, -0.2) is 0 Å². The summed E-state index contributed by atoms with van der Waals surface area (Å²) in [6.45, 7) is 15.3. The molecule has 6 heteroatoms. The predicted molar refractivity (Wildman–Crippen MR) is 84.0 cm³/mol. The second kappa shape index (κ2) is 12.7. The number of rotatable bonds is 14. The van der Waals surface area contributed by atoms with E-state index in [1.54, 1.807) is 0 Å². The number of hydrogen-bond donors (Lipinski definition) is 0. The minimum atomic E-state index is -1.99. The lowest BCUT2D eigenvalue weighted by Gasteiger charge is -2.27. The highest BCUT2D eigenvalue weighted by Crippen LogP contribution is 2.16. The zero-order chi connectivity index (χ0) is 15.3. The Labute approximate surface area is 125 Å². The maximum absolute atomic E-state index is 5.85. The fourth-order valence-electron chi connectivity index (χ4n) is 2.03. The van der Waals surface area contributed by atoms with Crippen molar-refractivity contribution in [1.82, 2.24) is 4.90 Å². The van der Waals surface area contributed by atoms with E-state index in [1.807, 2.05) is 27.7 Å². The molecule has 122 valence electrons. The largest absolute Gasteiger partial charge is 0.395 e. The van der Waals surface area contributed by atoms with Crippen LogP contribution < -0.4 is 0 Å². The normalized spacial score (nSPS) is 12.3. The van der Waals surface area contributed by atoms with Crippen molar-refractivity contribution in [3.8, 4) is 0 Å². The van der Waals surface area contributed by atoms with Crippen molar-refractivity contribution in [2.24, 2.45) is 0 Å². The van der Waals surface area contributed by atoms with Crippen LogP contribution in [0.5, 0.6) is 0 Å². The third kappa shape index (κ3) is 9.85. The minimum absolute atomic E-state index is 0.623. The number of ether oxygens (including phenoxy) is 2. The molecule has 0 amide bonds. The third-order valence-electron chi connectivity index (χ3n) is 2.96. The van der Waals surface area contributed by atoms with Gasteiger partial charge in [-0.05, 0) is 46.7 Å². The Kier molecular flexibility index (Phi) is 12.7. The van der Waals surface area contributed by atoms with E-state index >= 15 is 0 Å². The quantitative estimate of drug-likeness (QED) is 0.364. The van der Waals surface area contributed by atoms with Gasteiger partial charge in [0.05, 0.1) is 0 Å². The van der Waals surface area contributed by atoms with Crippen LogP contribution in [-0.4, -0.2) is 59.9 Å². The summed E-state index contributed by atoms with van der Waals surface area (Å²) in [5, 5.41) is 0. The van der Waals surface area contributed by atoms with E-state index in [-0.39, 0.29) is 0 Å². The molecule has 0 aliphatic heterocycles. The molecule has 0 saturated heterocycles. The molecule has 0 aliphatic rings. The molecule has 0 spiro atoms. The van der Waals surface area contributed by atoms with Crippen LogP contribution in [0.2, 0.25) is 12.6 Å². The SMILES string of the molecule is CCOCN(CCC[Si](C)(OCC)OCC)COCC. The monoisotopic (exact) mass is 307 g/mol. The first-order valence-electron chi connectivity index (χ1n) is 7.77. The zero-order valence-corrected chi connectivity index (χ0v) is 14.9. The summed E-state index contributed by atoms with van der Waals surface area (Å²) in [5.74, 6) is 0. The highest BCUT2D eigenvalue weighted by atomic mass is 28.4. The smallest absolute Gasteiger partial charge is 0.334 e. The second-order valence-electron chi connectivity index (χ2n) is 4.74. The Balaban J connectivity index is 4.09. The van der Waals surface area contributed by atoms with E-state index in [0.717, 1.165) is 45.4 Å². The summed E-state index contributed by atoms with van der Waals surface area (Å²) in [6.07, 6.45) is 1.04. The zero-order valence-electron chi connectivity index (χ0n) is 13.9. The number of hydrogen-bond acceptors (Lipinski definition) is 5. The maximum atomic E-state index is 5.85. The van der Waals surface area contributed by atoms with E-state index in [4.69, 9.17) is 18.3 Å². The van der Waals surface area contributed by atoms with Crippen molar-refractivity contribution < 1.29 is 18.3 Å². The average Bonchev–Trinajstić information content (AvgIpc) is 2.41. The van der Waals surface area contributed by atoms with Gasteiger partial charge in [0.25, 0.3) is 0 Å². The molecule has 20 heavy (non-hydrogen) atoms. The van der Waals surface area contributed by atoms with Gasteiger partial charge < -0.3 is 18.3 Å². The van der Waals surface area contributed by atoms with Gasteiger partial charge >= 0.3 is 8.56 Å². The molecule has 5 nitrogen and oxygen atoms in total. The molecular weight excluding hydrogens is 274 g/mol. The summed E-state index contributed by atoms with van der Waals surface area (Å²) in [4.78, 5) is 2.18. The van der Waals surface area contributed by atoms with Crippen molar-refractivity contribution in [1.29, 1.82) is 0 Å². The summed E-state index contributed by atoms with van der Waals surface area (Å²) in [5.41, 5.74) is 0. The van der Waals surface area contributed by atoms with Gasteiger partial charge in [0, 0.05) is 33.0 Å². The molecule has 0 fully saturated rings. The van der Waals surface area contributed by atoms with Crippen molar-refractivity contribution in [2.75, 3.05) is 46.4 Å². The van der Waals surface area contributed by atoms with Crippen LogP contribution >= 0.6 is 0 Å². The van der Waals surface area contributed by atoms with Crippen LogP contribution in [0.15, 0.2) is 0 Å². The Hall–Kier alpha value is 0.0169. The molecule has 0 rings (SSSR count). The molecule has 0 aromatic rings. The minimum Gasteiger partial charge on any atom is -0.395 e. The summed E-state index contributed by atoms with van der Waals surface area (Å²) in [7, 11) is -1.99. The van der Waals surface area contributed by atoms with E-state index in [9.17, 15) is 0 Å². The van der Waals surface area contributed by atoms with Crippen molar-refractivity contribution in [2.45, 2.75) is 46.7 Å². The molecule has 0 unspecified atom stereocenters. The first-order valence-corrected chi connectivity index (χ1v) is 10.3. The Morgan fingerprint density at radius 1 is 0.800 bits per heavy atom. The van der Waals surface area contributed by atoms with Gasteiger partial charge in [-0.1, -0.05) is 0 Å². The summed E-state index contributed by atoms with van der Waals surface area (Å²) >= 11 is 0. The maximum Gasteiger partial charge on any atom is 0.334 e. The van der Waals surface area contributed by atoms with Crippen molar-refractivity contribution >= 4 is 8.56 Å². The first kappa shape index (κ1) is 20.0. The van der Waals surface area contributed by atoms with Crippen LogP contribution in [0.3, 0.4) is 0 Å². The Bertz CT molecular complexity index is 205. The van der Waals surface area contributed by atoms with Gasteiger partial charge in [-0.3, -0.25) is 4.90 Å². The fraction of sp³-hybridized carbons (Fsp3) is 1.00.